The maximum Gasteiger partial charge on any atom is 0.185 e. The lowest BCUT2D eigenvalue weighted by atomic mass is 10.0. The minimum atomic E-state index is -3.60. The summed E-state index contributed by atoms with van der Waals surface area (Å²) >= 11 is 0. The number of ether oxygens (including phenoxy) is 3. The molecule has 2 atom stereocenters. The molecule has 0 unspecified atom stereocenters. The van der Waals surface area contributed by atoms with E-state index in [1.54, 1.807) is 62.7 Å². The molecule has 1 heterocycles. The molecule has 0 bridgehead atoms. The average Bonchev–Trinajstić information content (AvgIpc) is 3.25. The highest BCUT2D eigenvalue weighted by atomic mass is 32.2. The maximum absolute atomic E-state index is 13.3. The smallest absolute Gasteiger partial charge is 0.185 e. The lowest BCUT2D eigenvalue weighted by molar-refractivity contribution is -0.110. The lowest BCUT2D eigenvalue weighted by Crippen LogP contribution is -2.31. The number of hydroxylamine groups is 2. The summed E-state index contributed by atoms with van der Waals surface area (Å²) in [5.74, 6) is 1.88. The summed E-state index contributed by atoms with van der Waals surface area (Å²) in [6.45, 7) is 0.438. The summed E-state index contributed by atoms with van der Waals surface area (Å²) < 4.78 is 43.3. The largest absolute Gasteiger partial charge is 0.497 e. The van der Waals surface area contributed by atoms with Gasteiger partial charge < -0.3 is 14.2 Å². The third-order valence-electron chi connectivity index (χ3n) is 5.74. The highest BCUT2D eigenvalue weighted by Crippen LogP contribution is 2.39. The molecule has 1 saturated heterocycles. The summed E-state index contributed by atoms with van der Waals surface area (Å²) in [5, 5.41) is 0.846. The number of hydrogen-bond donors (Lipinski definition) is 0. The van der Waals surface area contributed by atoms with Crippen molar-refractivity contribution in [3.63, 3.8) is 0 Å². The maximum atomic E-state index is 13.3. The molecule has 0 saturated carbocycles. The Morgan fingerprint density at radius 2 is 1.67 bits per heavy atom. The fourth-order valence-corrected chi connectivity index (χ4v) is 5.73. The Bertz CT molecular complexity index is 1180. The second-order valence-electron chi connectivity index (χ2n) is 7.73. The van der Waals surface area contributed by atoms with Crippen LogP contribution in [0.5, 0.6) is 17.2 Å². The van der Waals surface area contributed by atoms with Gasteiger partial charge in [-0.2, -0.15) is 5.06 Å². The molecule has 8 heteroatoms. The van der Waals surface area contributed by atoms with E-state index < -0.39 is 21.1 Å². The topological polar surface area (TPSA) is 74.3 Å². The Hall–Kier alpha value is -3.07. The van der Waals surface area contributed by atoms with Crippen LogP contribution in [0.2, 0.25) is 0 Å². The second-order valence-corrected chi connectivity index (χ2v) is 9.90. The van der Waals surface area contributed by atoms with Gasteiger partial charge in [0.05, 0.1) is 31.8 Å². The van der Waals surface area contributed by atoms with Crippen LogP contribution in [-0.2, 0) is 21.3 Å². The molecule has 3 aromatic rings. The molecule has 0 radical (unpaired) electrons. The summed E-state index contributed by atoms with van der Waals surface area (Å²) in [4.78, 5) is 5.92. The molecule has 0 aliphatic carbocycles. The zero-order chi connectivity index (χ0) is 23.4. The molecule has 33 heavy (non-hydrogen) atoms. The average molecular weight is 470 g/mol. The molecule has 1 aliphatic heterocycles. The molecule has 1 fully saturated rings. The quantitative estimate of drug-likeness (QED) is 0.493. The summed E-state index contributed by atoms with van der Waals surface area (Å²) in [6, 6.07) is 21.1. The van der Waals surface area contributed by atoms with Gasteiger partial charge in [0.15, 0.2) is 21.3 Å². The first-order chi connectivity index (χ1) is 15.9. The van der Waals surface area contributed by atoms with Crippen molar-refractivity contribution in [2.75, 3.05) is 27.9 Å². The van der Waals surface area contributed by atoms with Gasteiger partial charge in [0, 0.05) is 7.05 Å². The predicted molar refractivity (Wildman–Crippen MR) is 124 cm³/mol. The summed E-state index contributed by atoms with van der Waals surface area (Å²) in [5.41, 5.74) is 1.76. The third-order valence-corrected chi connectivity index (χ3v) is 7.86. The Kier molecular flexibility index (Phi) is 6.88. The zero-order valence-corrected chi connectivity index (χ0v) is 19.6. The lowest BCUT2D eigenvalue weighted by Gasteiger charge is -2.24. The Balaban J connectivity index is 1.57. The van der Waals surface area contributed by atoms with Gasteiger partial charge in [-0.3, -0.25) is 4.84 Å². The number of rotatable bonds is 8. The van der Waals surface area contributed by atoms with Gasteiger partial charge >= 0.3 is 0 Å². The first kappa shape index (κ1) is 23.1. The monoisotopic (exact) mass is 469 g/mol. The summed E-state index contributed by atoms with van der Waals surface area (Å²) in [6.07, 6.45) is 0. The van der Waals surface area contributed by atoms with Crippen LogP contribution in [0.25, 0.3) is 0 Å². The number of hydrogen-bond acceptors (Lipinski definition) is 7. The molecule has 4 rings (SSSR count). The van der Waals surface area contributed by atoms with Gasteiger partial charge in [-0.05, 0) is 47.5 Å². The Labute approximate surface area is 194 Å². The first-order valence-corrected chi connectivity index (χ1v) is 12.1. The van der Waals surface area contributed by atoms with Gasteiger partial charge in [-0.15, -0.1) is 0 Å². The molecule has 0 aromatic heterocycles. The molecule has 0 spiro atoms. The minimum absolute atomic E-state index is 0.0798. The van der Waals surface area contributed by atoms with Crippen LogP contribution in [0.15, 0.2) is 77.7 Å². The fourth-order valence-electron chi connectivity index (χ4n) is 3.94. The van der Waals surface area contributed by atoms with Gasteiger partial charge in [0.25, 0.3) is 0 Å². The van der Waals surface area contributed by atoms with E-state index in [1.165, 1.54) is 0 Å². The van der Waals surface area contributed by atoms with Crippen LogP contribution >= 0.6 is 0 Å². The van der Waals surface area contributed by atoms with E-state index >= 15 is 0 Å². The van der Waals surface area contributed by atoms with Crippen molar-refractivity contribution in [2.45, 2.75) is 22.8 Å². The zero-order valence-electron chi connectivity index (χ0n) is 18.8. The van der Waals surface area contributed by atoms with Gasteiger partial charge in [-0.25, -0.2) is 8.42 Å². The van der Waals surface area contributed by atoms with Crippen molar-refractivity contribution in [2.24, 2.45) is 0 Å². The molecule has 7 nitrogen and oxygen atoms in total. The van der Waals surface area contributed by atoms with Gasteiger partial charge in [-0.1, -0.05) is 36.4 Å². The standard InChI is InChI=1S/C25H27NO6S/c1-26-25(24(17-32-26)33(27,28)21-7-5-4-6-8-21)19-11-14-22(23(15-19)30-3)31-16-18-9-12-20(29-2)13-10-18/h4-15,24-25H,16-17H2,1-3H3/t24-,25-/m1/s1. The SMILES string of the molecule is COc1ccc(COc2ccc([C@@H]3[C@H](S(=O)(=O)c4ccccc4)CON3C)cc2OC)cc1. The number of methoxy groups -OCH3 is 2. The fraction of sp³-hybridized carbons (Fsp3) is 0.280. The van der Waals surface area contributed by atoms with Crippen molar-refractivity contribution >= 4 is 9.84 Å². The van der Waals surface area contributed by atoms with Crippen LogP contribution in [0, 0.1) is 0 Å². The molecule has 0 N–H and O–H groups in total. The normalized spacial score (nSPS) is 18.8. The third kappa shape index (κ3) is 4.83. The highest BCUT2D eigenvalue weighted by molar-refractivity contribution is 7.92. The van der Waals surface area contributed by atoms with Crippen LogP contribution in [0.1, 0.15) is 17.2 Å². The second kappa shape index (κ2) is 9.82. The highest BCUT2D eigenvalue weighted by Gasteiger charge is 2.44. The minimum Gasteiger partial charge on any atom is -0.497 e. The summed E-state index contributed by atoms with van der Waals surface area (Å²) in [7, 11) is 1.33. The predicted octanol–water partition coefficient (Wildman–Crippen LogP) is 4.04. The molecule has 1 aliphatic rings. The van der Waals surface area contributed by atoms with E-state index in [0.29, 0.717) is 18.1 Å². The van der Waals surface area contributed by atoms with Crippen LogP contribution in [0.3, 0.4) is 0 Å². The molecule has 174 valence electrons. The van der Waals surface area contributed by atoms with Crippen molar-refractivity contribution in [1.29, 1.82) is 0 Å². The van der Waals surface area contributed by atoms with E-state index in [9.17, 15) is 8.42 Å². The number of sulfone groups is 1. The number of nitrogens with zero attached hydrogens (tertiary/aromatic N) is 1. The van der Waals surface area contributed by atoms with Crippen molar-refractivity contribution < 1.29 is 27.5 Å². The Morgan fingerprint density at radius 3 is 2.33 bits per heavy atom. The van der Waals surface area contributed by atoms with Crippen molar-refractivity contribution in [3.05, 3.63) is 83.9 Å². The molecule has 0 amide bonds. The van der Waals surface area contributed by atoms with Gasteiger partial charge in [0.2, 0.25) is 0 Å². The van der Waals surface area contributed by atoms with Crippen LogP contribution in [-0.4, -0.2) is 46.6 Å². The molecular weight excluding hydrogens is 442 g/mol. The van der Waals surface area contributed by atoms with E-state index in [-0.39, 0.29) is 11.5 Å². The number of benzene rings is 3. The van der Waals surface area contributed by atoms with Crippen molar-refractivity contribution in [3.8, 4) is 17.2 Å². The van der Waals surface area contributed by atoms with E-state index in [0.717, 1.165) is 16.9 Å². The van der Waals surface area contributed by atoms with E-state index in [4.69, 9.17) is 19.0 Å². The van der Waals surface area contributed by atoms with Crippen molar-refractivity contribution in [1.82, 2.24) is 5.06 Å². The first-order valence-electron chi connectivity index (χ1n) is 10.5. The molecule has 3 aromatic carbocycles. The molecular formula is C25H27NO6S. The van der Waals surface area contributed by atoms with E-state index in [2.05, 4.69) is 0 Å². The van der Waals surface area contributed by atoms with Crippen LogP contribution in [0.4, 0.5) is 0 Å². The van der Waals surface area contributed by atoms with Crippen LogP contribution < -0.4 is 14.2 Å². The Morgan fingerprint density at radius 1 is 0.939 bits per heavy atom. The van der Waals surface area contributed by atoms with E-state index in [1.807, 2.05) is 36.4 Å². The van der Waals surface area contributed by atoms with Gasteiger partial charge in [0.1, 0.15) is 17.6 Å².